The van der Waals surface area contributed by atoms with Crippen molar-refractivity contribution in [2.24, 2.45) is 10.7 Å². The van der Waals surface area contributed by atoms with Gasteiger partial charge in [-0.2, -0.15) is 4.39 Å². The number of carbonyl (C=O) groups is 1. The van der Waals surface area contributed by atoms with Crippen LogP contribution in [-0.2, 0) is 4.84 Å². The van der Waals surface area contributed by atoms with E-state index in [4.69, 9.17) is 15.3 Å². The number of amides is 1. The van der Waals surface area contributed by atoms with Crippen LogP contribution in [0.5, 0.6) is 5.88 Å². The van der Waals surface area contributed by atoms with Crippen molar-refractivity contribution in [2.45, 2.75) is 13.0 Å². The minimum absolute atomic E-state index is 0.0222. The molecular weight excluding hydrogens is 371 g/mol. The summed E-state index contributed by atoms with van der Waals surface area (Å²) in [6.45, 7) is 2.08. The molecule has 1 amide bonds. The standard InChI is InChI=1S/C16H21FN8O3/c1-9(25-28-16(18)19-2)5-20-11-4-10(6-23-14(11)17)24-15(26)12-7-22-13(27-3)8-21-12/h4,6-9,20,25H,5H2,1-3H3,(H2,18,19)(H,24,26)/t9-/m1/s1. The molecule has 0 aliphatic heterocycles. The summed E-state index contributed by atoms with van der Waals surface area (Å²) in [5.74, 6) is -0.956. The fraction of sp³-hybridized carbons (Fsp3) is 0.312. The highest BCUT2D eigenvalue weighted by molar-refractivity contribution is 6.02. The van der Waals surface area contributed by atoms with Crippen LogP contribution in [0.1, 0.15) is 17.4 Å². The molecule has 2 aromatic rings. The minimum Gasteiger partial charge on any atom is -0.480 e. The number of amidine groups is 1. The summed E-state index contributed by atoms with van der Waals surface area (Å²) in [4.78, 5) is 32.3. The van der Waals surface area contributed by atoms with E-state index in [2.05, 4.69) is 36.1 Å². The van der Waals surface area contributed by atoms with E-state index in [9.17, 15) is 9.18 Å². The molecule has 11 nitrogen and oxygen atoms in total. The predicted octanol–water partition coefficient (Wildman–Crippen LogP) is 0.538. The number of methoxy groups -OCH3 is 1. The molecule has 2 aromatic heterocycles. The number of rotatable bonds is 8. The molecule has 0 fully saturated rings. The number of nitrogens with one attached hydrogen (secondary N) is 3. The van der Waals surface area contributed by atoms with Gasteiger partial charge in [0.25, 0.3) is 5.91 Å². The van der Waals surface area contributed by atoms with Crippen molar-refractivity contribution in [2.75, 3.05) is 31.3 Å². The fourth-order valence-electron chi connectivity index (χ4n) is 1.89. The number of hydrogen-bond donors (Lipinski definition) is 4. The molecule has 12 heteroatoms. The van der Waals surface area contributed by atoms with Gasteiger partial charge in [-0.1, -0.05) is 0 Å². The van der Waals surface area contributed by atoms with E-state index in [0.29, 0.717) is 0 Å². The summed E-state index contributed by atoms with van der Waals surface area (Å²) < 4.78 is 18.8. The Morgan fingerprint density at radius 1 is 1.32 bits per heavy atom. The van der Waals surface area contributed by atoms with Crippen molar-refractivity contribution in [3.05, 3.63) is 36.3 Å². The third-order valence-corrected chi connectivity index (χ3v) is 3.35. The van der Waals surface area contributed by atoms with Crippen LogP contribution < -0.4 is 26.6 Å². The quantitative estimate of drug-likeness (QED) is 0.218. The number of ether oxygens (including phenoxy) is 1. The molecule has 0 aliphatic rings. The molecule has 0 unspecified atom stereocenters. The zero-order valence-electron chi connectivity index (χ0n) is 15.6. The first kappa shape index (κ1) is 20.8. The van der Waals surface area contributed by atoms with E-state index in [1.165, 1.54) is 38.8 Å². The highest BCUT2D eigenvalue weighted by Crippen LogP contribution is 2.18. The van der Waals surface area contributed by atoms with Gasteiger partial charge < -0.3 is 25.9 Å². The summed E-state index contributed by atoms with van der Waals surface area (Å²) in [5.41, 5.74) is 8.50. The fourth-order valence-corrected chi connectivity index (χ4v) is 1.89. The maximum atomic E-state index is 13.9. The smallest absolute Gasteiger partial charge is 0.301 e. The Morgan fingerprint density at radius 2 is 2.11 bits per heavy atom. The van der Waals surface area contributed by atoms with E-state index in [0.717, 1.165) is 0 Å². The molecule has 0 saturated heterocycles. The SMILES string of the molecule is C/N=C(/N)ON[C@H](C)CNc1cc(NC(=O)c2cnc(OC)cn2)cnc1F. The monoisotopic (exact) mass is 392 g/mol. The first-order chi connectivity index (χ1) is 13.4. The second-order valence-corrected chi connectivity index (χ2v) is 5.52. The van der Waals surface area contributed by atoms with Gasteiger partial charge in [-0.15, -0.1) is 5.48 Å². The first-order valence-corrected chi connectivity index (χ1v) is 8.14. The molecule has 1 atom stereocenters. The molecule has 0 aromatic carbocycles. The molecule has 2 heterocycles. The maximum absolute atomic E-state index is 13.9. The van der Waals surface area contributed by atoms with E-state index in [-0.39, 0.29) is 41.6 Å². The summed E-state index contributed by atoms with van der Waals surface area (Å²) in [6, 6.07) is 1.16. The zero-order valence-corrected chi connectivity index (χ0v) is 15.6. The normalized spacial score (nSPS) is 12.2. The van der Waals surface area contributed by atoms with Crippen LogP contribution in [0, 0.1) is 5.95 Å². The number of nitrogens with zero attached hydrogens (tertiary/aromatic N) is 4. The summed E-state index contributed by atoms with van der Waals surface area (Å²) in [5, 5.41) is 5.44. The summed E-state index contributed by atoms with van der Waals surface area (Å²) in [7, 11) is 2.93. The lowest BCUT2D eigenvalue weighted by Crippen LogP contribution is -2.37. The van der Waals surface area contributed by atoms with Gasteiger partial charge in [0, 0.05) is 13.6 Å². The first-order valence-electron chi connectivity index (χ1n) is 8.14. The Labute approximate surface area is 160 Å². The molecule has 28 heavy (non-hydrogen) atoms. The van der Waals surface area contributed by atoms with Crippen molar-refractivity contribution < 1.29 is 18.8 Å². The Hall–Kier alpha value is -3.54. The lowest BCUT2D eigenvalue weighted by molar-refractivity contribution is 0.102. The molecule has 2 rings (SSSR count). The number of hydrogen-bond acceptors (Lipinski definition) is 9. The van der Waals surface area contributed by atoms with Gasteiger partial charge in [-0.25, -0.2) is 19.9 Å². The molecule has 0 saturated carbocycles. The molecule has 0 spiro atoms. The molecule has 0 radical (unpaired) electrons. The van der Waals surface area contributed by atoms with Gasteiger partial charge >= 0.3 is 6.02 Å². The number of hydroxylamine groups is 1. The van der Waals surface area contributed by atoms with Crippen molar-refractivity contribution in [3.8, 4) is 5.88 Å². The van der Waals surface area contributed by atoms with Crippen LogP contribution in [-0.4, -0.2) is 53.6 Å². The van der Waals surface area contributed by atoms with Gasteiger partial charge in [0.15, 0.2) is 0 Å². The Morgan fingerprint density at radius 3 is 2.75 bits per heavy atom. The number of halogens is 1. The van der Waals surface area contributed by atoms with Crippen molar-refractivity contribution in [1.29, 1.82) is 0 Å². The Balaban J connectivity index is 1.97. The Kier molecular flexibility index (Phi) is 7.39. The number of nitrogens with two attached hydrogens (primary N) is 1. The maximum Gasteiger partial charge on any atom is 0.301 e. The third-order valence-electron chi connectivity index (χ3n) is 3.35. The van der Waals surface area contributed by atoms with E-state index >= 15 is 0 Å². The van der Waals surface area contributed by atoms with Crippen LogP contribution in [0.25, 0.3) is 0 Å². The average Bonchev–Trinajstić information content (AvgIpc) is 2.72. The number of pyridine rings is 1. The van der Waals surface area contributed by atoms with Crippen molar-refractivity contribution in [3.63, 3.8) is 0 Å². The average molecular weight is 392 g/mol. The van der Waals surface area contributed by atoms with Crippen molar-refractivity contribution >= 4 is 23.3 Å². The topological polar surface area (TPSA) is 149 Å². The van der Waals surface area contributed by atoms with E-state index in [1.54, 1.807) is 6.92 Å². The van der Waals surface area contributed by atoms with E-state index < -0.39 is 11.9 Å². The summed E-state index contributed by atoms with van der Waals surface area (Å²) in [6.07, 6.45) is 3.78. The minimum atomic E-state index is -0.718. The molecule has 0 bridgehead atoms. The van der Waals surface area contributed by atoms with Crippen LogP contribution in [0.15, 0.2) is 29.6 Å². The zero-order chi connectivity index (χ0) is 20.5. The van der Waals surface area contributed by atoms with Crippen LogP contribution in [0.2, 0.25) is 0 Å². The molecular formula is C16H21FN8O3. The molecule has 5 N–H and O–H groups in total. The van der Waals surface area contributed by atoms with Gasteiger partial charge in [0.1, 0.15) is 5.69 Å². The third kappa shape index (κ3) is 6.02. The van der Waals surface area contributed by atoms with Crippen molar-refractivity contribution in [1.82, 2.24) is 20.4 Å². The highest BCUT2D eigenvalue weighted by Gasteiger charge is 2.12. The van der Waals surface area contributed by atoms with Crippen LogP contribution in [0.3, 0.4) is 0 Å². The molecule has 150 valence electrons. The van der Waals surface area contributed by atoms with Gasteiger partial charge in [0.05, 0.1) is 43.1 Å². The largest absolute Gasteiger partial charge is 0.480 e. The number of aromatic nitrogens is 3. The lowest BCUT2D eigenvalue weighted by atomic mass is 10.3. The van der Waals surface area contributed by atoms with E-state index in [1.807, 2.05) is 0 Å². The van der Waals surface area contributed by atoms with Gasteiger partial charge in [0.2, 0.25) is 11.8 Å². The van der Waals surface area contributed by atoms with Crippen LogP contribution >= 0.6 is 0 Å². The number of carbonyl (C=O) groups excluding carboxylic acids is 1. The predicted molar refractivity (Wildman–Crippen MR) is 100 cm³/mol. The van der Waals surface area contributed by atoms with Gasteiger partial charge in [-0.3, -0.25) is 4.79 Å². The number of anilines is 2. The second kappa shape index (κ2) is 9.97. The van der Waals surface area contributed by atoms with Gasteiger partial charge in [-0.05, 0) is 13.0 Å². The van der Waals surface area contributed by atoms with Crippen LogP contribution in [0.4, 0.5) is 15.8 Å². The second-order valence-electron chi connectivity index (χ2n) is 5.52. The highest BCUT2D eigenvalue weighted by atomic mass is 19.1. The number of aliphatic imine (C=N–C) groups is 1. The Bertz CT molecular complexity index is 831. The lowest BCUT2D eigenvalue weighted by Gasteiger charge is -2.15. The molecule has 0 aliphatic carbocycles. The summed E-state index contributed by atoms with van der Waals surface area (Å²) >= 11 is 0.